The Morgan fingerprint density at radius 2 is 1.43 bits per heavy atom. The van der Waals surface area contributed by atoms with Gasteiger partial charge in [-0.1, -0.05) is 12.1 Å². The number of phenolic OH excluding ortho intramolecular Hbond substituents is 1. The van der Waals surface area contributed by atoms with E-state index in [1.807, 2.05) is 5.32 Å². The molecule has 0 bridgehead atoms. The number of hydrogen-bond acceptors (Lipinski definition) is 7. The molecule has 3 atom stereocenters. The van der Waals surface area contributed by atoms with Crippen molar-refractivity contribution in [2.75, 3.05) is 0 Å². The number of carboxylic acid groups (broad SMARTS) is 3. The molecule has 0 heterocycles. The van der Waals surface area contributed by atoms with E-state index < -0.39 is 67.1 Å². The Morgan fingerprint density at radius 1 is 0.867 bits per heavy atom. The van der Waals surface area contributed by atoms with Gasteiger partial charge in [-0.15, -0.1) is 0 Å². The second-order valence-corrected chi connectivity index (χ2v) is 6.47. The minimum atomic E-state index is -1.62. The Balaban J connectivity index is 2.80. The third-order valence-corrected chi connectivity index (χ3v) is 4.00. The van der Waals surface area contributed by atoms with Gasteiger partial charge in [0.05, 0.1) is 12.5 Å². The van der Waals surface area contributed by atoms with Crippen LogP contribution in [0.25, 0.3) is 0 Å². The highest BCUT2D eigenvalue weighted by atomic mass is 16.4. The Hall–Kier alpha value is -3.67. The van der Waals surface area contributed by atoms with Crippen LogP contribution < -0.4 is 16.4 Å². The molecule has 3 unspecified atom stereocenters. The number of nitrogens with one attached hydrogen (secondary N) is 2. The predicted octanol–water partition coefficient (Wildman–Crippen LogP) is -1.34. The van der Waals surface area contributed by atoms with E-state index in [0.29, 0.717) is 5.56 Å². The molecule has 8 N–H and O–H groups in total. The van der Waals surface area contributed by atoms with Gasteiger partial charge in [-0.2, -0.15) is 0 Å². The van der Waals surface area contributed by atoms with E-state index >= 15 is 0 Å². The first kappa shape index (κ1) is 24.4. The number of hydrogen-bond donors (Lipinski definition) is 7. The zero-order valence-electron chi connectivity index (χ0n) is 15.8. The monoisotopic (exact) mass is 425 g/mol. The summed E-state index contributed by atoms with van der Waals surface area (Å²) in [5, 5.41) is 40.2. The molecule has 0 aliphatic heterocycles. The summed E-state index contributed by atoms with van der Waals surface area (Å²) < 4.78 is 0. The van der Waals surface area contributed by atoms with Crippen molar-refractivity contribution >= 4 is 29.7 Å². The van der Waals surface area contributed by atoms with Crippen molar-refractivity contribution < 1.29 is 44.4 Å². The first-order valence-electron chi connectivity index (χ1n) is 8.80. The zero-order chi connectivity index (χ0) is 22.8. The molecule has 12 nitrogen and oxygen atoms in total. The molecule has 12 heteroatoms. The molecule has 0 aromatic heterocycles. The summed E-state index contributed by atoms with van der Waals surface area (Å²) in [7, 11) is 0. The third-order valence-electron chi connectivity index (χ3n) is 4.00. The summed E-state index contributed by atoms with van der Waals surface area (Å²) in [5.74, 6) is -6.13. The van der Waals surface area contributed by atoms with E-state index in [9.17, 15) is 29.1 Å². The van der Waals surface area contributed by atoms with Crippen LogP contribution in [0.2, 0.25) is 0 Å². The number of aromatic hydroxyl groups is 1. The molecule has 0 spiro atoms. The number of rotatable bonds is 12. The van der Waals surface area contributed by atoms with E-state index in [1.165, 1.54) is 24.3 Å². The highest BCUT2D eigenvalue weighted by molar-refractivity contribution is 5.94. The maximum absolute atomic E-state index is 12.3. The number of carbonyl (C=O) groups is 5. The molecule has 0 aliphatic carbocycles. The maximum Gasteiger partial charge on any atom is 0.326 e. The second kappa shape index (κ2) is 11.4. The third kappa shape index (κ3) is 8.56. The van der Waals surface area contributed by atoms with E-state index in [2.05, 4.69) is 5.32 Å². The average Bonchev–Trinajstić information content (AvgIpc) is 2.65. The van der Waals surface area contributed by atoms with Gasteiger partial charge in [-0.25, -0.2) is 4.79 Å². The molecule has 0 saturated heterocycles. The van der Waals surface area contributed by atoms with E-state index in [-0.39, 0.29) is 12.2 Å². The number of carbonyl (C=O) groups excluding carboxylic acids is 2. The fourth-order valence-electron chi connectivity index (χ4n) is 2.44. The number of amides is 2. The summed E-state index contributed by atoms with van der Waals surface area (Å²) in [6.45, 7) is 0. The van der Waals surface area contributed by atoms with Crippen LogP contribution >= 0.6 is 0 Å². The quantitative estimate of drug-likeness (QED) is 0.209. The first-order chi connectivity index (χ1) is 14.0. The first-order valence-corrected chi connectivity index (χ1v) is 8.80. The molecule has 0 radical (unpaired) electrons. The van der Waals surface area contributed by atoms with E-state index in [4.69, 9.17) is 21.1 Å². The minimum absolute atomic E-state index is 0.0193. The SMILES string of the molecule is NC(Cc1ccc(O)cc1)C(=O)NC(CC(=O)O)C(=O)NC(CCC(=O)O)C(=O)O. The molecular weight excluding hydrogens is 402 g/mol. The molecule has 1 rings (SSSR count). The van der Waals surface area contributed by atoms with Crippen molar-refractivity contribution in [2.45, 2.75) is 43.8 Å². The van der Waals surface area contributed by atoms with Crippen molar-refractivity contribution in [3.8, 4) is 5.75 Å². The lowest BCUT2D eigenvalue weighted by atomic mass is 10.0. The molecule has 0 saturated carbocycles. The molecule has 30 heavy (non-hydrogen) atoms. The normalized spacial score (nSPS) is 13.5. The van der Waals surface area contributed by atoms with Gasteiger partial charge >= 0.3 is 17.9 Å². The van der Waals surface area contributed by atoms with Crippen LogP contribution in [0.3, 0.4) is 0 Å². The smallest absolute Gasteiger partial charge is 0.326 e. The lowest BCUT2D eigenvalue weighted by Crippen LogP contribution is -2.55. The number of benzene rings is 1. The van der Waals surface area contributed by atoms with E-state index in [0.717, 1.165) is 0 Å². The highest BCUT2D eigenvalue weighted by Gasteiger charge is 2.29. The number of carboxylic acids is 3. The average molecular weight is 425 g/mol. The maximum atomic E-state index is 12.3. The van der Waals surface area contributed by atoms with Gasteiger partial charge in [-0.3, -0.25) is 19.2 Å². The summed E-state index contributed by atoms with van der Waals surface area (Å²) in [5.41, 5.74) is 6.39. The lowest BCUT2D eigenvalue weighted by Gasteiger charge is -2.21. The van der Waals surface area contributed by atoms with Gasteiger partial charge in [0.15, 0.2) is 0 Å². The summed E-state index contributed by atoms with van der Waals surface area (Å²) in [6.07, 6.45) is -1.77. The molecule has 1 aromatic rings. The molecule has 164 valence electrons. The van der Waals surface area contributed by atoms with Crippen molar-refractivity contribution in [3.05, 3.63) is 29.8 Å². The number of nitrogens with two attached hydrogens (primary N) is 1. The van der Waals surface area contributed by atoms with Crippen LogP contribution in [0, 0.1) is 0 Å². The van der Waals surface area contributed by atoms with Crippen molar-refractivity contribution in [2.24, 2.45) is 5.73 Å². The van der Waals surface area contributed by atoms with Crippen molar-refractivity contribution in [1.82, 2.24) is 10.6 Å². The van der Waals surface area contributed by atoms with Gasteiger partial charge in [0.1, 0.15) is 17.8 Å². The summed E-state index contributed by atoms with van der Waals surface area (Å²) >= 11 is 0. The van der Waals surface area contributed by atoms with Gasteiger partial charge < -0.3 is 36.8 Å². The van der Waals surface area contributed by atoms with Gasteiger partial charge in [-0.05, 0) is 30.5 Å². The fraction of sp³-hybridized carbons (Fsp3) is 0.389. The Kier molecular flexibility index (Phi) is 9.23. The predicted molar refractivity (Wildman–Crippen MR) is 100 cm³/mol. The lowest BCUT2D eigenvalue weighted by molar-refractivity contribution is -0.144. The minimum Gasteiger partial charge on any atom is -0.508 e. The molecule has 1 aromatic carbocycles. The topological polar surface area (TPSA) is 216 Å². The molecule has 2 amide bonds. The van der Waals surface area contributed by atoms with Crippen molar-refractivity contribution in [1.29, 1.82) is 0 Å². The van der Waals surface area contributed by atoms with E-state index in [1.54, 1.807) is 0 Å². The second-order valence-electron chi connectivity index (χ2n) is 6.47. The van der Waals surface area contributed by atoms with Crippen LogP contribution in [-0.4, -0.2) is 68.3 Å². The Morgan fingerprint density at radius 3 is 1.93 bits per heavy atom. The van der Waals surface area contributed by atoms with Crippen LogP contribution in [0.1, 0.15) is 24.8 Å². The van der Waals surface area contributed by atoms with Crippen LogP contribution in [-0.2, 0) is 30.4 Å². The highest BCUT2D eigenvalue weighted by Crippen LogP contribution is 2.11. The Labute approximate surface area is 170 Å². The largest absolute Gasteiger partial charge is 0.508 e. The van der Waals surface area contributed by atoms with Crippen LogP contribution in [0.4, 0.5) is 0 Å². The van der Waals surface area contributed by atoms with Crippen LogP contribution in [0.15, 0.2) is 24.3 Å². The molecule has 0 fully saturated rings. The van der Waals surface area contributed by atoms with Gasteiger partial charge in [0, 0.05) is 6.42 Å². The number of phenols is 1. The Bertz CT molecular complexity index is 795. The standard InChI is InChI=1S/C18H23N3O9/c19-11(7-9-1-3-10(22)4-2-9)16(27)21-13(8-15(25)26)17(28)20-12(18(29)30)5-6-14(23)24/h1-4,11-13,22H,5-8,19H2,(H,20,28)(H,21,27)(H,23,24)(H,25,26)(H,29,30). The van der Waals surface area contributed by atoms with Gasteiger partial charge in [0.25, 0.3) is 0 Å². The van der Waals surface area contributed by atoms with Crippen LogP contribution in [0.5, 0.6) is 5.75 Å². The summed E-state index contributed by atoms with van der Waals surface area (Å²) in [4.78, 5) is 57.5. The van der Waals surface area contributed by atoms with Crippen molar-refractivity contribution in [3.63, 3.8) is 0 Å². The number of aliphatic carboxylic acids is 3. The zero-order valence-corrected chi connectivity index (χ0v) is 15.8. The fourth-order valence-corrected chi connectivity index (χ4v) is 2.44. The molecular formula is C18H23N3O9. The van der Waals surface area contributed by atoms with Gasteiger partial charge in [0.2, 0.25) is 11.8 Å². The molecule has 0 aliphatic rings. The summed E-state index contributed by atoms with van der Waals surface area (Å²) in [6, 6.07) is 1.50.